The average molecular weight is 229 g/mol. The van der Waals surface area contributed by atoms with Gasteiger partial charge in [0.25, 0.3) is 0 Å². The van der Waals surface area contributed by atoms with Gasteiger partial charge in [-0.15, -0.1) is 0 Å². The van der Waals surface area contributed by atoms with Crippen molar-refractivity contribution in [2.75, 3.05) is 31.4 Å². The van der Waals surface area contributed by atoms with E-state index in [0.29, 0.717) is 0 Å². The smallest absolute Gasteiger partial charge is 0.0727 e. The van der Waals surface area contributed by atoms with Crippen LogP contribution in [0.1, 0.15) is 12.6 Å². The van der Waals surface area contributed by atoms with E-state index in [9.17, 15) is 0 Å². The standard InChI is InChI=1S/C14H19N3/c1-5-10-8-14(15-2)12-9-11(17(3)4)6-7-13(12)16-10/h6-9H,5H2,1-4H3,(H,15,16). The van der Waals surface area contributed by atoms with Gasteiger partial charge in [0, 0.05) is 43.6 Å². The second-order valence-electron chi connectivity index (χ2n) is 4.36. The summed E-state index contributed by atoms with van der Waals surface area (Å²) in [7, 11) is 6.05. The number of rotatable bonds is 3. The van der Waals surface area contributed by atoms with E-state index in [2.05, 4.69) is 46.4 Å². The third-order valence-electron chi connectivity index (χ3n) is 2.99. The molecule has 0 aliphatic carbocycles. The molecule has 2 rings (SSSR count). The number of nitrogens with zero attached hydrogens (tertiary/aromatic N) is 2. The summed E-state index contributed by atoms with van der Waals surface area (Å²) in [6.45, 7) is 2.13. The Hall–Kier alpha value is -1.77. The zero-order valence-corrected chi connectivity index (χ0v) is 10.9. The van der Waals surface area contributed by atoms with Crippen LogP contribution in [0, 0.1) is 0 Å². The van der Waals surface area contributed by atoms with E-state index in [-0.39, 0.29) is 0 Å². The summed E-state index contributed by atoms with van der Waals surface area (Å²) in [4.78, 5) is 6.75. The van der Waals surface area contributed by atoms with Crippen LogP contribution < -0.4 is 10.2 Å². The molecule has 0 aliphatic heterocycles. The predicted octanol–water partition coefficient (Wildman–Crippen LogP) is 2.90. The van der Waals surface area contributed by atoms with Crippen LogP contribution in [-0.4, -0.2) is 26.1 Å². The number of anilines is 2. The van der Waals surface area contributed by atoms with E-state index >= 15 is 0 Å². The van der Waals surface area contributed by atoms with Gasteiger partial charge in [0.05, 0.1) is 5.52 Å². The van der Waals surface area contributed by atoms with Crippen LogP contribution in [0.15, 0.2) is 24.3 Å². The molecule has 2 aromatic rings. The maximum Gasteiger partial charge on any atom is 0.0727 e. The van der Waals surface area contributed by atoms with Crippen molar-refractivity contribution in [3.05, 3.63) is 30.0 Å². The number of aryl methyl sites for hydroxylation is 1. The molecule has 0 radical (unpaired) electrons. The summed E-state index contributed by atoms with van der Waals surface area (Å²) < 4.78 is 0. The van der Waals surface area contributed by atoms with Gasteiger partial charge in [-0.25, -0.2) is 0 Å². The lowest BCUT2D eigenvalue weighted by molar-refractivity contribution is 1.06. The molecule has 1 aromatic heterocycles. The summed E-state index contributed by atoms with van der Waals surface area (Å²) >= 11 is 0. The Labute approximate surface area is 102 Å². The molecule has 17 heavy (non-hydrogen) atoms. The van der Waals surface area contributed by atoms with Gasteiger partial charge in [0.15, 0.2) is 0 Å². The van der Waals surface area contributed by atoms with Gasteiger partial charge in [0.2, 0.25) is 0 Å². The minimum absolute atomic E-state index is 0.958. The monoisotopic (exact) mass is 229 g/mol. The minimum atomic E-state index is 0.958. The molecule has 3 heteroatoms. The molecule has 0 amide bonds. The lowest BCUT2D eigenvalue weighted by atomic mass is 10.1. The van der Waals surface area contributed by atoms with E-state index < -0.39 is 0 Å². The van der Waals surface area contributed by atoms with Gasteiger partial charge in [-0.05, 0) is 30.7 Å². The third kappa shape index (κ3) is 2.18. The summed E-state index contributed by atoms with van der Waals surface area (Å²) in [6, 6.07) is 8.49. The highest BCUT2D eigenvalue weighted by molar-refractivity contribution is 5.93. The first-order chi connectivity index (χ1) is 8.15. The summed E-state index contributed by atoms with van der Waals surface area (Å²) in [5.74, 6) is 0. The maximum atomic E-state index is 4.64. The molecule has 0 atom stereocenters. The molecule has 0 fully saturated rings. The van der Waals surface area contributed by atoms with E-state index in [4.69, 9.17) is 0 Å². The van der Waals surface area contributed by atoms with E-state index in [1.165, 1.54) is 11.1 Å². The Kier molecular flexibility index (Phi) is 3.18. The summed E-state index contributed by atoms with van der Waals surface area (Å²) in [5.41, 5.74) is 4.52. The molecule has 3 nitrogen and oxygen atoms in total. The van der Waals surface area contributed by atoms with E-state index in [1.807, 2.05) is 21.1 Å². The Morgan fingerprint density at radius 1 is 1.24 bits per heavy atom. The summed E-state index contributed by atoms with van der Waals surface area (Å²) in [6.07, 6.45) is 0.958. The highest BCUT2D eigenvalue weighted by Gasteiger charge is 2.05. The molecule has 0 spiro atoms. The second-order valence-corrected chi connectivity index (χ2v) is 4.36. The molecular weight excluding hydrogens is 210 g/mol. The van der Waals surface area contributed by atoms with E-state index in [0.717, 1.165) is 23.3 Å². The van der Waals surface area contributed by atoms with Crippen molar-refractivity contribution < 1.29 is 0 Å². The first-order valence-electron chi connectivity index (χ1n) is 5.94. The quantitative estimate of drug-likeness (QED) is 0.877. The van der Waals surface area contributed by atoms with Crippen LogP contribution in [0.4, 0.5) is 11.4 Å². The number of benzene rings is 1. The van der Waals surface area contributed by atoms with Crippen LogP contribution >= 0.6 is 0 Å². The predicted molar refractivity (Wildman–Crippen MR) is 75.0 cm³/mol. The minimum Gasteiger partial charge on any atom is -0.388 e. The molecule has 0 saturated heterocycles. The lowest BCUT2D eigenvalue weighted by Gasteiger charge is -2.15. The van der Waals surface area contributed by atoms with Crippen molar-refractivity contribution in [2.24, 2.45) is 0 Å². The van der Waals surface area contributed by atoms with Crippen molar-refractivity contribution in [2.45, 2.75) is 13.3 Å². The molecule has 90 valence electrons. The fraction of sp³-hybridized carbons (Fsp3) is 0.357. The number of pyridine rings is 1. The zero-order chi connectivity index (χ0) is 12.4. The van der Waals surface area contributed by atoms with Crippen LogP contribution in [0.2, 0.25) is 0 Å². The molecule has 0 unspecified atom stereocenters. The SMILES string of the molecule is CCc1cc(NC)c2cc(N(C)C)ccc2n1. The van der Waals surface area contributed by atoms with Gasteiger partial charge in [-0.1, -0.05) is 6.92 Å². The number of aromatic nitrogens is 1. The Balaban J connectivity index is 2.67. The van der Waals surface area contributed by atoms with E-state index in [1.54, 1.807) is 0 Å². The van der Waals surface area contributed by atoms with Crippen LogP contribution in [0.3, 0.4) is 0 Å². The Bertz CT molecular complexity index is 532. The topological polar surface area (TPSA) is 28.2 Å². The maximum absolute atomic E-state index is 4.64. The van der Waals surface area contributed by atoms with Crippen LogP contribution in [-0.2, 0) is 6.42 Å². The van der Waals surface area contributed by atoms with Gasteiger partial charge in [0.1, 0.15) is 0 Å². The zero-order valence-electron chi connectivity index (χ0n) is 10.9. The fourth-order valence-electron chi connectivity index (χ4n) is 1.93. The molecule has 0 aliphatic rings. The van der Waals surface area contributed by atoms with Crippen molar-refractivity contribution in [1.29, 1.82) is 0 Å². The first-order valence-corrected chi connectivity index (χ1v) is 5.94. The highest BCUT2D eigenvalue weighted by atomic mass is 15.1. The van der Waals surface area contributed by atoms with Crippen molar-refractivity contribution in [3.63, 3.8) is 0 Å². The van der Waals surface area contributed by atoms with Crippen LogP contribution in [0.5, 0.6) is 0 Å². The van der Waals surface area contributed by atoms with Crippen LogP contribution in [0.25, 0.3) is 10.9 Å². The summed E-state index contributed by atoms with van der Waals surface area (Å²) in [5, 5.41) is 4.43. The average Bonchev–Trinajstić information content (AvgIpc) is 2.36. The largest absolute Gasteiger partial charge is 0.388 e. The number of fused-ring (bicyclic) bond motifs is 1. The number of nitrogens with one attached hydrogen (secondary N) is 1. The van der Waals surface area contributed by atoms with Gasteiger partial charge < -0.3 is 10.2 Å². The highest BCUT2D eigenvalue weighted by Crippen LogP contribution is 2.27. The fourth-order valence-corrected chi connectivity index (χ4v) is 1.93. The second kappa shape index (κ2) is 4.62. The molecule has 1 heterocycles. The number of hydrogen-bond acceptors (Lipinski definition) is 3. The van der Waals surface area contributed by atoms with Gasteiger partial charge >= 0.3 is 0 Å². The number of hydrogen-bond donors (Lipinski definition) is 1. The Morgan fingerprint density at radius 2 is 2.00 bits per heavy atom. The van der Waals surface area contributed by atoms with Crippen molar-refractivity contribution in [1.82, 2.24) is 4.98 Å². The first kappa shape index (κ1) is 11.7. The molecule has 0 bridgehead atoms. The normalized spacial score (nSPS) is 10.6. The third-order valence-corrected chi connectivity index (χ3v) is 2.99. The van der Waals surface area contributed by atoms with Crippen molar-refractivity contribution in [3.8, 4) is 0 Å². The molecule has 1 N–H and O–H groups in total. The van der Waals surface area contributed by atoms with Crippen molar-refractivity contribution >= 4 is 22.3 Å². The van der Waals surface area contributed by atoms with Gasteiger partial charge in [-0.2, -0.15) is 0 Å². The Morgan fingerprint density at radius 3 is 2.59 bits per heavy atom. The lowest BCUT2D eigenvalue weighted by Crippen LogP contribution is -2.08. The molecule has 1 aromatic carbocycles. The molecular formula is C14H19N3. The van der Waals surface area contributed by atoms with Gasteiger partial charge in [-0.3, -0.25) is 4.98 Å². The molecule has 0 saturated carbocycles.